The van der Waals surface area contributed by atoms with Gasteiger partial charge in [0, 0.05) is 11.1 Å². The average molecular weight is 268 g/mol. The maximum Gasteiger partial charge on any atom is 0.234 e. The lowest BCUT2D eigenvalue weighted by Gasteiger charge is -2.27. The van der Waals surface area contributed by atoms with Crippen molar-refractivity contribution >= 4 is 17.6 Å². The molecule has 1 unspecified atom stereocenters. The predicted molar refractivity (Wildman–Crippen MR) is 79.9 cm³/mol. The first-order chi connectivity index (χ1) is 9.50. The number of ketones is 2. The molecule has 0 saturated heterocycles. The van der Waals surface area contributed by atoms with E-state index < -0.39 is 0 Å². The summed E-state index contributed by atoms with van der Waals surface area (Å²) in [6.07, 6.45) is 5.11. The van der Waals surface area contributed by atoms with Crippen LogP contribution in [0.5, 0.6) is 0 Å². The summed E-state index contributed by atoms with van der Waals surface area (Å²) in [5.41, 5.74) is 4.65. The summed E-state index contributed by atoms with van der Waals surface area (Å²) >= 11 is 0. The number of hydrogen-bond donors (Lipinski definition) is 0. The fourth-order valence-corrected chi connectivity index (χ4v) is 3.45. The van der Waals surface area contributed by atoms with Gasteiger partial charge in [-0.2, -0.15) is 0 Å². The van der Waals surface area contributed by atoms with Crippen LogP contribution in [-0.2, 0) is 11.2 Å². The number of allylic oxidation sites excluding steroid dienone is 1. The van der Waals surface area contributed by atoms with Crippen LogP contribution >= 0.6 is 0 Å². The Morgan fingerprint density at radius 3 is 2.60 bits per heavy atom. The van der Waals surface area contributed by atoms with Gasteiger partial charge >= 0.3 is 0 Å². The van der Waals surface area contributed by atoms with E-state index in [2.05, 4.69) is 13.0 Å². The third kappa shape index (κ3) is 1.86. The number of rotatable bonds is 1. The summed E-state index contributed by atoms with van der Waals surface area (Å²) in [7, 11) is 0. The molecule has 0 aliphatic heterocycles. The van der Waals surface area contributed by atoms with Gasteiger partial charge in [0.25, 0.3) is 0 Å². The summed E-state index contributed by atoms with van der Waals surface area (Å²) in [4.78, 5) is 24.8. The topological polar surface area (TPSA) is 34.1 Å². The molecule has 0 fully saturated rings. The highest BCUT2D eigenvalue weighted by Gasteiger charge is 2.33. The van der Waals surface area contributed by atoms with Crippen LogP contribution in [0.1, 0.15) is 66.6 Å². The fraction of sp³-hybridized carbons (Fsp3) is 0.444. The molecule has 2 aliphatic carbocycles. The van der Waals surface area contributed by atoms with E-state index in [1.807, 2.05) is 26.0 Å². The molecule has 0 saturated carbocycles. The van der Waals surface area contributed by atoms with Gasteiger partial charge in [-0.3, -0.25) is 9.59 Å². The van der Waals surface area contributed by atoms with Gasteiger partial charge in [-0.25, -0.2) is 0 Å². The minimum Gasteiger partial charge on any atom is -0.285 e. The number of Topliss-reactive ketones (excluding diaryl/α,β-unsaturated/α-hetero) is 2. The minimum absolute atomic E-state index is 0.0922. The first-order valence-electron chi connectivity index (χ1n) is 7.47. The molecule has 2 heteroatoms. The van der Waals surface area contributed by atoms with Crippen LogP contribution < -0.4 is 0 Å². The Balaban J connectivity index is 2.23. The smallest absolute Gasteiger partial charge is 0.234 e. The molecule has 0 N–H and O–H groups in total. The van der Waals surface area contributed by atoms with Crippen molar-refractivity contribution in [2.45, 2.75) is 46.0 Å². The molecule has 2 aliphatic rings. The van der Waals surface area contributed by atoms with Crippen molar-refractivity contribution in [1.82, 2.24) is 0 Å². The zero-order valence-corrected chi connectivity index (χ0v) is 12.3. The van der Waals surface area contributed by atoms with E-state index >= 15 is 0 Å². The predicted octanol–water partition coefficient (Wildman–Crippen LogP) is 3.93. The van der Waals surface area contributed by atoms with E-state index in [9.17, 15) is 9.59 Å². The highest BCUT2D eigenvalue weighted by Crippen LogP contribution is 2.37. The standard InChI is InChI=1S/C18H20O2/c1-10(2)15-9-12-7-8-13-11(3)5-4-6-14(13)16(12)18(20)17(15)19/h7-11H,4-6H2,1-3H3. The van der Waals surface area contributed by atoms with Crippen molar-refractivity contribution in [2.75, 3.05) is 0 Å². The second-order valence-electron chi connectivity index (χ2n) is 6.30. The second-order valence-corrected chi connectivity index (χ2v) is 6.30. The molecule has 0 spiro atoms. The van der Waals surface area contributed by atoms with Crippen LogP contribution in [0.2, 0.25) is 0 Å². The molecule has 3 rings (SSSR count). The third-order valence-electron chi connectivity index (χ3n) is 4.60. The number of fused-ring (bicyclic) bond motifs is 3. The normalized spacial score (nSPS) is 21.6. The van der Waals surface area contributed by atoms with Gasteiger partial charge in [-0.15, -0.1) is 0 Å². The summed E-state index contributed by atoms with van der Waals surface area (Å²) in [6, 6.07) is 4.16. The lowest BCUT2D eigenvalue weighted by molar-refractivity contribution is -0.112. The quantitative estimate of drug-likeness (QED) is 0.723. The summed E-state index contributed by atoms with van der Waals surface area (Å²) in [5, 5.41) is 0. The number of hydrogen-bond acceptors (Lipinski definition) is 2. The van der Waals surface area contributed by atoms with E-state index in [0.29, 0.717) is 17.1 Å². The van der Waals surface area contributed by atoms with Gasteiger partial charge in [0.1, 0.15) is 0 Å². The summed E-state index contributed by atoms with van der Waals surface area (Å²) in [5.74, 6) is -0.0201. The lowest BCUT2D eigenvalue weighted by atomic mass is 9.75. The molecule has 104 valence electrons. The van der Waals surface area contributed by atoms with Gasteiger partial charge in [0.2, 0.25) is 11.6 Å². The molecule has 1 atom stereocenters. The molecule has 1 aromatic rings. The number of carbonyl (C=O) groups is 2. The maximum atomic E-state index is 12.5. The van der Waals surface area contributed by atoms with E-state index in [1.165, 1.54) is 12.0 Å². The van der Waals surface area contributed by atoms with Crippen LogP contribution in [0, 0.1) is 5.92 Å². The van der Waals surface area contributed by atoms with Gasteiger partial charge < -0.3 is 0 Å². The Bertz CT molecular complexity index is 635. The van der Waals surface area contributed by atoms with Crippen molar-refractivity contribution in [1.29, 1.82) is 0 Å². The monoisotopic (exact) mass is 268 g/mol. The third-order valence-corrected chi connectivity index (χ3v) is 4.60. The number of benzene rings is 1. The molecule has 0 radical (unpaired) electrons. The first-order valence-corrected chi connectivity index (χ1v) is 7.47. The Labute approximate surface area is 119 Å². The molecular weight excluding hydrogens is 248 g/mol. The van der Waals surface area contributed by atoms with E-state index in [0.717, 1.165) is 24.0 Å². The zero-order chi connectivity index (χ0) is 14.4. The molecule has 1 aromatic carbocycles. The van der Waals surface area contributed by atoms with Gasteiger partial charge in [0.15, 0.2) is 0 Å². The Morgan fingerprint density at radius 1 is 1.15 bits per heavy atom. The molecule has 2 nitrogen and oxygen atoms in total. The van der Waals surface area contributed by atoms with Gasteiger partial charge in [0.05, 0.1) is 0 Å². The van der Waals surface area contributed by atoms with Crippen LogP contribution in [0.3, 0.4) is 0 Å². The largest absolute Gasteiger partial charge is 0.285 e. The average Bonchev–Trinajstić information content (AvgIpc) is 2.42. The van der Waals surface area contributed by atoms with E-state index in [1.54, 1.807) is 0 Å². The summed E-state index contributed by atoms with van der Waals surface area (Å²) < 4.78 is 0. The number of carbonyl (C=O) groups excluding carboxylic acids is 2. The highest BCUT2D eigenvalue weighted by atomic mass is 16.2. The van der Waals surface area contributed by atoms with Crippen LogP contribution in [0.4, 0.5) is 0 Å². The minimum atomic E-state index is -0.306. The van der Waals surface area contributed by atoms with E-state index in [-0.39, 0.29) is 17.5 Å². The SMILES string of the molecule is CC(C)C1=Cc2ccc3c(c2C(=O)C1=O)CCCC3C. The fourth-order valence-electron chi connectivity index (χ4n) is 3.45. The van der Waals surface area contributed by atoms with Crippen molar-refractivity contribution in [2.24, 2.45) is 5.92 Å². The summed E-state index contributed by atoms with van der Waals surface area (Å²) in [6.45, 7) is 6.12. The second kappa shape index (κ2) is 4.69. The lowest BCUT2D eigenvalue weighted by Crippen LogP contribution is -2.26. The molecule has 0 amide bonds. The molecule has 0 aromatic heterocycles. The molecule has 0 bridgehead atoms. The van der Waals surface area contributed by atoms with Gasteiger partial charge in [-0.1, -0.05) is 32.9 Å². The maximum absolute atomic E-state index is 12.5. The van der Waals surface area contributed by atoms with Crippen LogP contribution in [-0.4, -0.2) is 11.6 Å². The Hall–Kier alpha value is -1.70. The Kier molecular flexibility index (Phi) is 3.12. The molecular formula is C18H20O2. The van der Waals surface area contributed by atoms with E-state index in [4.69, 9.17) is 0 Å². The van der Waals surface area contributed by atoms with Crippen molar-refractivity contribution in [3.8, 4) is 0 Å². The Morgan fingerprint density at radius 2 is 1.90 bits per heavy atom. The van der Waals surface area contributed by atoms with Crippen molar-refractivity contribution in [3.05, 3.63) is 40.0 Å². The van der Waals surface area contributed by atoms with Crippen LogP contribution in [0.15, 0.2) is 17.7 Å². The van der Waals surface area contributed by atoms with Crippen molar-refractivity contribution < 1.29 is 9.59 Å². The highest BCUT2D eigenvalue weighted by molar-refractivity contribution is 6.52. The molecule has 0 heterocycles. The van der Waals surface area contributed by atoms with Gasteiger partial charge in [-0.05, 0) is 53.9 Å². The van der Waals surface area contributed by atoms with Crippen LogP contribution in [0.25, 0.3) is 6.08 Å². The zero-order valence-electron chi connectivity index (χ0n) is 12.3. The first kappa shape index (κ1) is 13.3. The molecule has 20 heavy (non-hydrogen) atoms. The van der Waals surface area contributed by atoms with Crippen molar-refractivity contribution in [3.63, 3.8) is 0 Å².